The van der Waals surface area contributed by atoms with Gasteiger partial charge in [0.15, 0.2) is 0 Å². The van der Waals surface area contributed by atoms with Gasteiger partial charge in [-0.3, -0.25) is 4.79 Å². The second kappa shape index (κ2) is 3.65. The second-order valence-corrected chi connectivity index (χ2v) is 5.75. The van der Waals surface area contributed by atoms with Gasteiger partial charge >= 0.3 is 0 Å². The van der Waals surface area contributed by atoms with Crippen LogP contribution in [0.3, 0.4) is 0 Å². The first-order chi connectivity index (χ1) is 5.56. The van der Waals surface area contributed by atoms with Crippen LogP contribution in [0, 0.1) is 0 Å². The Labute approximate surface area is 78.6 Å². The molecule has 0 radical (unpaired) electrons. The highest BCUT2D eigenvalue weighted by Gasteiger charge is 2.45. The minimum atomic E-state index is 0.501. The molecule has 1 heterocycles. The van der Waals surface area contributed by atoms with E-state index in [1.165, 1.54) is 12.0 Å². The molecular weight excluding hydrogens is 168 g/mol. The van der Waals surface area contributed by atoms with Crippen molar-refractivity contribution in [2.45, 2.75) is 43.6 Å². The summed E-state index contributed by atoms with van der Waals surface area (Å²) in [7, 11) is 0. The molecule has 68 valence electrons. The van der Waals surface area contributed by atoms with Crippen LogP contribution in [0.2, 0.25) is 0 Å². The normalized spacial score (nSPS) is 26.9. The summed E-state index contributed by atoms with van der Waals surface area (Å²) in [5.74, 6) is 0. The van der Waals surface area contributed by atoms with Crippen LogP contribution in [0.1, 0.15) is 33.6 Å². The summed E-state index contributed by atoms with van der Waals surface area (Å²) in [5.41, 5.74) is 1.20. The van der Waals surface area contributed by atoms with Gasteiger partial charge in [-0.05, 0) is 39.7 Å². The van der Waals surface area contributed by atoms with Gasteiger partial charge in [0.05, 0.1) is 0 Å². The summed E-state index contributed by atoms with van der Waals surface area (Å²) in [6, 6.07) is 0. The third-order valence-electron chi connectivity index (χ3n) is 2.32. The van der Waals surface area contributed by atoms with Gasteiger partial charge in [-0.15, -0.1) is 11.8 Å². The number of carbonyl (C=O) groups excluding carboxylic acids is 1. The first-order valence-electron chi connectivity index (χ1n) is 4.35. The first-order valence-corrected chi connectivity index (χ1v) is 5.23. The standard InChI is InChI=1S/C10H16OS/c1-8(6-7-11)4-5-9-10(2,3)12-9/h6-7,9H,4-5H2,1-3H3. The number of carbonyl (C=O) groups is 1. The zero-order valence-corrected chi connectivity index (χ0v) is 8.78. The summed E-state index contributed by atoms with van der Waals surface area (Å²) in [5, 5.41) is 0.813. The van der Waals surface area contributed by atoms with Gasteiger partial charge < -0.3 is 0 Å². The maximum Gasteiger partial charge on any atom is 0.142 e. The molecule has 1 nitrogen and oxygen atoms in total. The number of allylic oxidation sites excluding steroid dienone is 2. The molecule has 0 aromatic heterocycles. The summed E-state index contributed by atoms with van der Waals surface area (Å²) in [6.45, 7) is 6.58. The predicted molar refractivity (Wildman–Crippen MR) is 54.5 cm³/mol. The molecular formula is C10H16OS. The zero-order chi connectivity index (χ0) is 9.19. The van der Waals surface area contributed by atoms with E-state index in [0.717, 1.165) is 18.0 Å². The molecule has 12 heavy (non-hydrogen) atoms. The molecule has 0 saturated carbocycles. The first kappa shape index (κ1) is 9.85. The fourth-order valence-corrected chi connectivity index (χ4v) is 2.32. The Kier molecular flexibility index (Phi) is 2.99. The molecule has 1 fully saturated rings. The number of hydrogen-bond donors (Lipinski definition) is 0. The summed E-state index contributed by atoms with van der Waals surface area (Å²) in [4.78, 5) is 10.1. The van der Waals surface area contributed by atoms with Crippen LogP contribution in [-0.2, 0) is 4.79 Å². The molecule has 0 aromatic rings. The fraction of sp³-hybridized carbons (Fsp3) is 0.700. The third-order valence-corrected chi connectivity index (χ3v) is 4.07. The average molecular weight is 184 g/mol. The van der Waals surface area contributed by atoms with Crippen molar-refractivity contribution < 1.29 is 4.79 Å². The van der Waals surface area contributed by atoms with E-state index in [-0.39, 0.29) is 0 Å². The topological polar surface area (TPSA) is 17.1 Å². The highest BCUT2D eigenvalue weighted by Crippen LogP contribution is 2.55. The minimum absolute atomic E-state index is 0.501. The van der Waals surface area contributed by atoms with Gasteiger partial charge in [-0.1, -0.05) is 5.57 Å². The monoisotopic (exact) mass is 184 g/mol. The van der Waals surface area contributed by atoms with E-state index in [1.54, 1.807) is 6.08 Å². The quantitative estimate of drug-likeness (QED) is 0.379. The van der Waals surface area contributed by atoms with Crippen LogP contribution < -0.4 is 0 Å². The lowest BCUT2D eigenvalue weighted by Crippen LogP contribution is -2.02. The molecule has 1 unspecified atom stereocenters. The number of rotatable bonds is 4. The molecule has 0 bridgehead atoms. The van der Waals surface area contributed by atoms with Crippen LogP contribution in [-0.4, -0.2) is 16.3 Å². The lowest BCUT2D eigenvalue weighted by atomic mass is 10.0. The number of thioether (sulfide) groups is 1. The maximum atomic E-state index is 10.1. The Morgan fingerprint density at radius 2 is 2.17 bits per heavy atom. The predicted octanol–water partition coefficient (Wildman–Crippen LogP) is 2.81. The SMILES string of the molecule is CC(=CC=O)CCC1SC1(C)C. The van der Waals surface area contributed by atoms with Crippen molar-refractivity contribution in [2.24, 2.45) is 0 Å². The number of hydrogen-bond acceptors (Lipinski definition) is 2. The van der Waals surface area contributed by atoms with Crippen molar-refractivity contribution in [3.05, 3.63) is 11.6 Å². The van der Waals surface area contributed by atoms with Crippen LogP contribution in [0.25, 0.3) is 0 Å². The van der Waals surface area contributed by atoms with Gasteiger partial charge in [0.1, 0.15) is 6.29 Å². The Morgan fingerprint density at radius 1 is 1.58 bits per heavy atom. The Bertz CT molecular complexity index is 206. The van der Waals surface area contributed by atoms with E-state index in [9.17, 15) is 4.79 Å². The molecule has 1 aliphatic heterocycles. The van der Waals surface area contributed by atoms with Crippen molar-refractivity contribution in [3.63, 3.8) is 0 Å². The smallest absolute Gasteiger partial charge is 0.142 e. The summed E-state index contributed by atoms with van der Waals surface area (Å²) >= 11 is 2.04. The molecule has 2 heteroatoms. The molecule has 1 saturated heterocycles. The van der Waals surface area contributed by atoms with Gasteiger partial charge in [0, 0.05) is 10.00 Å². The molecule has 1 atom stereocenters. The fourth-order valence-electron chi connectivity index (χ4n) is 1.30. The third kappa shape index (κ3) is 2.67. The van der Waals surface area contributed by atoms with Crippen molar-refractivity contribution in [1.29, 1.82) is 0 Å². The highest BCUT2D eigenvalue weighted by atomic mass is 32.2. The zero-order valence-electron chi connectivity index (χ0n) is 7.96. The van der Waals surface area contributed by atoms with Crippen LogP contribution in [0.5, 0.6) is 0 Å². The van der Waals surface area contributed by atoms with Crippen LogP contribution in [0.15, 0.2) is 11.6 Å². The maximum absolute atomic E-state index is 10.1. The van der Waals surface area contributed by atoms with E-state index in [4.69, 9.17) is 0 Å². The van der Waals surface area contributed by atoms with Gasteiger partial charge in [0.2, 0.25) is 0 Å². The van der Waals surface area contributed by atoms with Crippen LogP contribution >= 0.6 is 11.8 Å². The van der Waals surface area contributed by atoms with E-state index >= 15 is 0 Å². The van der Waals surface area contributed by atoms with E-state index in [1.807, 2.05) is 18.7 Å². The lowest BCUT2D eigenvalue weighted by molar-refractivity contribution is -0.104. The molecule has 0 N–H and O–H groups in total. The molecule has 0 aliphatic carbocycles. The number of aldehydes is 1. The van der Waals surface area contributed by atoms with Crippen molar-refractivity contribution in [2.75, 3.05) is 0 Å². The Hall–Kier alpha value is -0.240. The van der Waals surface area contributed by atoms with Gasteiger partial charge in [0.25, 0.3) is 0 Å². The summed E-state index contributed by atoms with van der Waals surface area (Å²) in [6.07, 6.45) is 4.83. The van der Waals surface area contributed by atoms with Crippen LogP contribution in [0.4, 0.5) is 0 Å². The largest absolute Gasteiger partial charge is 0.299 e. The second-order valence-electron chi connectivity index (χ2n) is 3.90. The van der Waals surface area contributed by atoms with Crippen molar-refractivity contribution in [3.8, 4) is 0 Å². The van der Waals surface area contributed by atoms with E-state index < -0.39 is 0 Å². The van der Waals surface area contributed by atoms with Crippen molar-refractivity contribution in [1.82, 2.24) is 0 Å². The highest BCUT2D eigenvalue weighted by molar-refractivity contribution is 8.08. The van der Waals surface area contributed by atoms with E-state index in [2.05, 4.69) is 13.8 Å². The molecule has 0 amide bonds. The molecule has 0 aromatic carbocycles. The van der Waals surface area contributed by atoms with Crippen molar-refractivity contribution >= 4 is 18.0 Å². The van der Waals surface area contributed by atoms with Gasteiger partial charge in [-0.25, -0.2) is 0 Å². The minimum Gasteiger partial charge on any atom is -0.299 e. The molecule has 1 rings (SSSR count). The lowest BCUT2D eigenvalue weighted by Gasteiger charge is -2.00. The van der Waals surface area contributed by atoms with Gasteiger partial charge in [-0.2, -0.15) is 0 Å². The molecule has 1 aliphatic rings. The summed E-state index contributed by atoms with van der Waals surface area (Å²) < 4.78 is 0.501. The Morgan fingerprint density at radius 3 is 2.58 bits per heavy atom. The molecule has 0 spiro atoms. The Balaban J connectivity index is 2.19. The average Bonchev–Trinajstić information content (AvgIpc) is 2.56. The van der Waals surface area contributed by atoms with E-state index in [0.29, 0.717) is 4.75 Å².